The number of hydrogen-bond donors (Lipinski definition) is 3. The Balaban J connectivity index is 4.56. The van der Waals surface area contributed by atoms with E-state index in [9.17, 15) is 19.8 Å². The molecule has 0 aliphatic rings. The molecule has 3 unspecified atom stereocenters. The van der Waals surface area contributed by atoms with E-state index in [0.717, 1.165) is 77.0 Å². The average Bonchev–Trinajstić information content (AvgIpc) is 3.24. The maximum atomic E-state index is 13.2. The number of esters is 1. The number of unbranched alkanes of at least 4 members (excludes halogenated alkanes) is 29. The Hall–Kier alpha value is -1.92. The molecule has 6 heteroatoms. The van der Waals surface area contributed by atoms with Crippen LogP contribution in [0.25, 0.3) is 0 Å². The van der Waals surface area contributed by atoms with Crippen LogP contribution in [0.3, 0.4) is 0 Å². The van der Waals surface area contributed by atoms with Crippen LogP contribution < -0.4 is 5.32 Å². The summed E-state index contributed by atoms with van der Waals surface area (Å²) in [7, 11) is 0. The first kappa shape index (κ1) is 58.1. The molecule has 0 radical (unpaired) electrons. The van der Waals surface area contributed by atoms with E-state index >= 15 is 0 Å². The smallest absolute Gasteiger partial charge is 0.306 e. The molecule has 60 heavy (non-hydrogen) atoms. The van der Waals surface area contributed by atoms with Gasteiger partial charge in [0.1, 0.15) is 6.10 Å². The zero-order valence-electron chi connectivity index (χ0n) is 40.1. The quantitative estimate of drug-likeness (QED) is 0.0322. The highest BCUT2D eigenvalue weighted by atomic mass is 16.5. The van der Waals surface area contributed by atoms with Crippen LogP contribution in [0.15, 0.2) is 36.5 Å². The minimum atomic E-state index is -0.788. The maximum absolute atomic E-state index is 13.2. The molecular weight excluding hydrogens is 743 g/mol. The third-order valence-electron chi connectivity index (χ3n) is 11.9. The molecule has 6 nitrogen and oxygen atoms in total. The lowest BCUT2D eigenvalue weighted by atomic mass is 10.0. The summed E-state index contributed by atoms with van der Waals surface area (Å²) in [5, 5.41) is 23.7. The van der Waals surface area contributed by atoms with Gasteiger partial charge in [-0.25, -0.2) is 0 Å². The fourth-order valence-electron chi connectivity index (χ4n) is 7.93. The van der Waals surface area contributed by atoms with Crippen LogP contribution in [0.5, 0.6) is 0 Å². The van der Waals surface area contributed by atoms with Crippen molar-refractivity contribution in [3.05, 3.63) is 36.5 Å². The Bertz CT molecular complexity index is 993. The summed E-state index contributed by atoms with van der Waals surface area (Å²) in [4.78, 5) is 26.1. The Morgan fingerprint density at radius 2 is 0.850 bits per heavy atom. The second-order valence-corrected chi connectivity index (χ2v) is 17.9. The van der Waals surface area contributed by atoms with Gasteiger partial charge in [-0.3, -0.25) is 9.59 Å². The van der Waals surface area contributed by atoms with E-state index in [1.165, 1.54) is 148 Å². The Morgan fingerprint density at radius 1 is 0.483 bits per heavy atom. The van der Waals surface area contributed by atoms with Crippen LogP contribution >= 0.6 is 0 Å². The average molecular weight is 844 g/mol. The predicted octanol–water partition coefficient (Wildman–Crippen LogP) is 15.7. The van der Waals surface area contributed by atoms with Crippen LogP contribution in [-0.2, 0) is 14.3 Å². The lowest BCUT2D eigenvalue weighted by molar-refractivity contribution is -0.151. The minimum Gasteiger partial charge on any atom is -0.462 e. The van der Waals surface area contributed by atoms with Gasteiger partial charge < -0.3 is 20.3 Å². The number of aliphatic hydroxyl groups excluding tert-OH is 2. The number of nitrogens with one attached hydrogen (secondary N) is 1. The molecule has 3 N–H and O–H groups in total. The van der Waals surface area contributed by atoms with E-state index in [2.05, 4.69) is 62.5 Å². The van der Waals surface area contributed by atoms with Gasteiger partial charge in [0.05, 0.1) is 25.2 Å². The SMILES string of the molecule is CCCCC/C=C\C/C=C\CCCCCCCCCC(=O)OC(CCCCCCC/C=C\CCCCCC)CC(=O)NC(CO)C(O)CCCCCCCCCCCCC. The second-order valence-electron chi connectivity index (χ2n) is 17.9. The van der Waals surface area contributed by atoms with Crippen molar-refractivity contribution >= 4 is 11.9 Å². The molecule has 0 aromatic heterocycles. The lowest BCUT2D eigenvalue weighted by Gasteiger charge is -2.24. The molecule has 0 aliphatic carbocycles. The van der Waals surface area contributed by atoms with Crippen molar-refractivity contribution in [3.63, 3.8) is 0 Å². The molecular formula is C54H101NO5. The van der Waals surface area contributed by atoms with Crippen molar-refractivity contribution in [2.45, 2.75) is 289 Å². The number of hydrogen-bond acceptors (Lipinski definition) is 5. The first-order chi connectivity index (χ1) is 29.5. The number of ether oxygens (including phenoxy) is 1. The minimum absolute atomic E-state index is 0.0708. The molecule has 0 heterocycles. The molecule has 0 saturated carbocycles. The highest BCUT2D eigenvalue weighted by molar-refractivity contribution is 5.77. The standard InChI is InChI=1S/C54H101NO5/c1-4-7-10-13-16-19-22-24-25-26-27-29-32-35-38-41-44-47-54(59)60-50(45-42-39-36-33-31-28-23-20-17-14-11-8-5-2)48-53(58)55-51(49-56)52(57)46-43-40-37-34-30-21-18-15-12-9-6-3/h16,19-20,23-25,50-52,56-57H,4-15,17-18,21-22,26-49H2,1-3H3,(H,55,58)/b19-16-,23-20-,25-24-. The molecule has 0 fully saturated rings. The second kappa shape index (κ2) is 48.1. The Labute approximate surface area is 373 Å². The van der Waals surface area contributed by atoms with Crippen LogP contribution in [0.4, 0.5) is 0 Å². The molecule has 0 rings (SSSR count). The Morgan fingerprint density at radius 3 is 1.33 bits per heavy atom. The van der Waals surface area contributed by atoms with E-state index in [0.29, 0.717) is 19.3 Å². The molecule has 0 saturated heterocycles. The van der Waals surface area contributed by atoms with Crippen molar-refractivity contribution in [2.75, 3.05) is 6.61 Å². The van der Waals surface area contributed by atoms with E-state index < -0.39 is 18.2 Å². The lowest BCUT2D eigenvalue weighted by Crippen LogP contribution is -2.46. The summed E-state index contributed by atoms with van der Waals surface area (Å²) in [6.45, 7) is 6.44. The first-order valence-electron chi connectivity index (χ1n) is 26.2. The van der Waals surface area contributed by atoms with Gasteiger partial charge in [0.15, 0.2) is 0 Å². The summed E-state index contributed by atoms with van der Waals surface area (Å²) in [5.74, 6) is -0.483. The van der Waals surface area contributed by atoms with Crippen LogP contribution in [-0.4, -0.2) is 46.9 Å². The number of aliphatic hydroxyl groups is 2. The fourth-order valence-corrected chi connectivity index (χ4v) is 7.93. The van der Waals surface area contributed by atoms with Gasteiger partial charge >= 0.3 is 5.97 Å². The number of carbonyl (C=O) groups excluding carboxylic acids is 2. The van der Waals surface area contributed by atoms with E-state index in [1.54, 1.807) is 0 Å². The molecule has 0 bridgehead atoms. The fraction of sp³-hybridized carbons (Fsp3) is 0.852. The van der Waals surface area contributed by atoms with Crippen molar-refractivity contribution in [2.24, 2.45) is 0 Å². The van der Waals surface area contributed by atoms with Gasteiger partial charge in [0, 0.05) is 6.42 Å². The molecule has 0 spiro atoms. The number of rotatable bonds is 47. The van der Waals surface area contributed by atoms with Gasteiger partial charge in [-0.2, -0.15) is 0 Å². The van der Waals surface area contributed by atoms with Crippen molar-refractivity contribution in [1.82, 2.24) is 5.32 Å². The zero-order valence-corrected chi connectivity index (χ0v) is 40.1. The summed E-state index contributed by atoms with van der Waals surface area (Å²) in [6.07, 6.45) is 56.3. The van der Waals surface area contributed by atoms with Crippen LogP contribution in [0, 0.1) is 0 Å². The van der Waals surface area contributed by atoms with Crippen LogP contribution in [0.2, 0.25) is 0 Å². The van der Waals surface area contributed by atoms with Gasteiger partial charge in [-0.1, -0.05) is 211 Å². The van der Waals surface area contributed by atoms with Crippen molar-refractivity contribution in [1.29, 1.82) is 0 Å². The van der Waals surface area contributed by atoms with E-state index in [1.807, 2.05) is 0 Å². The number of carbonyl (C=O) groups is 2. The monoisotopic (exact) mass is 844 g/mol. The molecule has 1 amide bonds. The summed E-state index contributed by atoms with van der Waals surface area (Å²) >= 11 is 0. The third-order valence-corrected chi connectivity index (χ3v) is 11.9. The van der Waals surface area contributed by atoms with Crippen molar-refractivity contribution < 1.29 is 24.5 Å². The maximum Gasteiger partial charge on any atom is 0.306 e. The summed E-state index contributed by atoms with van der Waals surface area (Å²) < 4.78 is 5.93. The first-order valence-corrected chi connectivity index (χ1v) is 26.2. The highest BCUT2D eigenvalue weighted by Gasteiger charge is 2.24. The molecule has 0 aromatic rings. The largest absolute Gasteiger partial charge is 0.462 e. The van der Waals surface area contributed by atoms with Gasteiger partial charge in [0.2, 0.25) is 5.91 Å². The van der Waals surface area contributed by atoms with Crippen LogP contribution in [0.1, 0.15) is 271 Å². The van der Waals surface area contributed by atoms with E-state index in [4.69, 9.17) is 4.74 Å². The predicted molar refractivity (Wildman–Crippen MR) is 259 cm³/mol. The number of amides is 1. The van der Waals surface area contributed by atoms with Crippen molar-refractivity contribution in [3.8, 4) is 0 Å². The molecule has 3 atom stereocenters. The highest BCUT2D eigenvalue weighted by Crippen LogP contribution is 2.18. The molecule has 0 aromatic carbocycles. The summed E-state index contributed by atoms with van der Waals surface area (Å²) in [6, 6.07) is -0.703. The normalized spacial score (nSPS) is 13.5. The third kappa shape index (κ3) is 42.8. The molecule has 352 valence electrons. The van der Waals surface area contributed by atoms with Gasteiger partial charge in [-0.05, 0) is 83.5 Å². The molecule has 0 aliphatic heterocycles. The summed E-state index contributed by atoms with van der Waals surface area (Å²) in [5.41, 5.74) is 0. The number of allylic oxidation sites excluding steroid dienone is 6. The van der Waals surface area contributed by atoms with Gasteiger partial charge in [-0.15, -0.1) is 0 Å². The van der Waals surface area contributed by atoms with Gasteiger partial charge in [0.25, 0.3) is 0 Å². The van der Waals surface area contributed by atoms with E-state index in [-0.39, 0.29) is 24.9 Å². The topological polar surface area (TPSA) is 95.9 Å². The zero-order chi connectivity index (χ0) is 43.8. The Kier molecular flexibility index (Phi) is 46.6.